The van der Waals surface area contributed by atoms with Gasteiger partial charge in [0, 0.05) is 15.9 Å². The number of esters is 1. The van der Waals surface area contributed by atoms with Crippen molar-refractivity contribution in [3.8, 4) is 0 Å². The van der Waals surface area contributed by atoms with Crippen molar-refractivity contribution >= 4 is 38.8 Å². The summed E-state index contributed by atoms with van der Waals surface area (Å²) in [7, 11) is 0. The monoisotopic (exact) mass is 410 g/mol. The van der Waals surface area contributed by atoms with Crippen molar-refractivity contribution in [2.45, 2.75) is 39.7 Å². The van der Waals surface area contributed by atoms with Crippen molar-refractivity contribution in [1.82, 2.24) is 5.32 Å². The first kappa shape index (κ1) is 19.1. The van der Waals surface area contributed by atoms with Crippen molar-refractivity contribution < 1.29 is 9.53 Å². The van der Waals surface area contributed by atoms with Crippen molar-refractivity contribution in [2.24, 2.45) is 4.99 Å². The molecule has 0 amide bonds. The summed E-state index contributed by atoms with van der Waals surface area (Å²) in [6, 6.07) is 7.57. The summed E-state index contributed by atoms with van der Waals surface area (Å²) >= 11 is 5.19. The van der Waals surface area contributed by atoms with E-state index in [-0.39, 0.29) is 12.0 Å². The Labute approximate surface area is 156 Å². The number of hydrogen-bond donors (Lipinski definition) is 1. The summed E-state index contributed by atoms with van der Waals surface area (Å²) in [6.45, 7) is 6.24. The standard InChI is InChI=1S/C18H23BrN2O2S/c1-4-6-10-24-18-20-12(3)15(17(22)23-5-2)16(21-18)13-8-7-9-14(19)11-13/h7-9,11,16H,4-6,10H2,1-3H3,(H,20,21)/t16-/m1/s1. The molecule has 1 N–H and O–H groups in total. The molecular weight excluding hydrogens is 388 g/mol. The van der Waals surface area contributed by atoms with E-state index >= 15 is 0 Å². The predicted octanol–water partition coefficient (Wildman–Crippen LogP) is 4.82. The lowest BCUT2D eigenvalue weighted by molar-refractivity contribution is -0.138. The maximum Gasteiger partial charge on any atom is 0.338 e. The number of unbranched alkanes of at least 4 members (excludes halogenated alkanes) is 1. The Hall–Kier alpha value is -1.27. The van der Waals surface area contributed by atoms with Crippen LogP contribution in [0.2, 0.25) is 0 Å². The van der Waals surface area contributed by atoms with Crippen molar-refractivity contribution in [3.05, 3.63) is 45.6 Å². The van der Waals surface area contributed by atoms with Gasteiger partial charge in [0.2, 0.25) is 0 Å². The summed E-state index contributed by atoms with van der Waals surface area (Å²) in [5.74, 6) is 0.698. The normalized spacial score (nSPS) is 17.3. The number of carbonyl (C=O) groups is 1. The van der Waals surface area contributed by atoms with E-state index < -0.39 is 0 Å². The summed E-state index contributed by atoms with van der Waals surface area (Å²) in [4.78, 5) is 17.2. The average Bonchev–Trinajstić information content (AvgIpc) is 2.54. The summed E-state index contributed by atoms with van der Waals surface area (Å²) < 4.78 is 6.21. The molecule has 1 aliphatic heterocycles. The molecule has 1 atom stereocenters. The van der Waals surface area contributed by atoms with Crippen LogP contribution in [0, 0.1) is 0 Å². The number of thioether (sulfide) groups is 1. The highest BCUT2D eigenvalue weighted by molar-refractivity contribution is 9.10. The number of nitrogens with one attached hydrogen (secondary N) is 1. The fraction of sp³-hybridized carbons (Fsp3) is 0.444. The topological polar surface area (TPSA) is 50.7 Å². The van der Waals surface area contributed by atoms with Gasteiger partial charge in [0.25, 0.3) is 0 Å². The lowest BCUT2D eigenvalue weighted by Gasteiger charge is -2.26. The molecule has 0 fully saturated rings. The largest absolute Gasteiger partial charge is 0.463 e. The SMILES string of the molecule is CCCCSC1=N[C@H](c2cccc(Br)c2)C(C(=O)OCC)=C(C)N1. The van der Waals surface area contributed by atoms with Gasteiger partial charge >= 0.3 is 5.97 Å². The first-order valence-electron chi connectivity index (χ1n) is 8.17. The zero-order chi connectivity index (χ0) is 17.5. The minimum absolute atomic E-state index is 0.311. The molecule has 0 spiro atoms. The molecule has 0 saturated carbocycles. The lowest BCUT2D eigenvalue weighted by atomic mass is 9.97. The Bertz CT molecular complexity index is 658. The Morgan fingerprint density at radius 2 is 2.21 bits per heavy atom. The van der Waals surface area contributed by atoms with E-state index in [1.165, 1.54) is 0 Å². The summed E-state index contributed by atoms with van der Waals surface area (Å²) in [5.41, 5.74) is 2.36. The number of allylic oxidation sites excluding steroid dienone is 1. The average molecular weight is 411 g/mol. The van der Waals surface area contributed by atoms with Gasteiger partial charge in [0.15, 0.2) is 5.17 Å². The second kappa shape index (κ2) is 9.28. The van der Waals surface area contributed by atoms with Crippen molar-refractivity contribution in [1.29, 1.82) is 0 Å². The highest BCUT2D eigenvalue weighted by Gasteiger charge is 2.30. The minimum atomic E-state index is -0.341. The van der Waals surface area contributed by atoms with Gasteiger partial charge < -0.3 is 10.1 Å². The Morgan fingerprint density at radius 3 is 2.88 bits per heavy atom. The van der Waals surface area contributed by atoms with Gasteiger partial charge in [-0.15, -0.1) is 0 Å². The third kappa shape index (κ3) is 4.86. The first-order valence-corrected chi connectivity index (χ1v) is 9.95. The molecule has 0 aromatic heterocycles. The van der Waals surface area contributed by atoms with E-state index in [1.807, 2.05) is 38.1 Å². The highest BCUT2D eigenvalue weighted by Crippen LogP contribution is 2.34. The van der Waals surface area contributed by atoms with Crippen LogP contribution in [-0.2, 0) is 9.53 Å². The molecule has 1 aliphatic rings. The lowest BCUT2D eigenvalue weighted by Crippen LogP contribution is -2.30. The highest BCUT2D eigenvalue weighted by atomic mass is 79.9. The van der Waals surface area contributed by atoms with Gasteiger partial charge in [0.1, 0.15) is 6.04 Å². The van der Waals surface area contributed by atoms with Crippen molar-refractivity contribution in [3.63, 3.8) is 0 Å². The van der Waals surface area contributed by atoms with E-state index in [2.05, 4.69) is 28.2 Å². The molecule has 0 radical (unpaired) electrons. The van der Waals surface area contributed by atoms with Crippen molar-refractivity contribution in [2.75, 3.05) is 12.4 Å². The van der Waals surface area contributed by atoms with Crippen LogP contribution in [0.25, 0.3) is 0 Å². The molecule has 1 heterocycles. The van der Waals surface area contributed by atoms with Crippen LogP contribution in [0.1, 0.15) is 45.2 Å². The van der Waals surface area contributed by atoms with Gasteiger partial charge in [-0.05, 0) is 38.0 Å². The number of aliphatic imine (C=N–C) groups is 1. The Morgan fingerprint density at radius 1 is 1.42 bits per heavy atom. The van der Waals surface area contributed by atoms with E-state index in [0.717, 1.165) is 39.5 Å². The fourth-order valence-corrected chi connectivity index (χ4v) is 3.87. The van der Waals surface area contributed by atoms with Crippen LogP contribution in [0.4, 0.5) is 0 Å². The minimum Gasteiger partial charge on any atom is -0.463 e. The van der Waals surface area contributed by atoms with Gasteiger partial charge in [-0.2, -0.15) is 0 Å². The van der Waals surface area contributed by atoms with Crippen LogP contribution in [0.15, 0.2) is 45.0 Å². The molecule has 24 heavy (non-hydrogen) atoms. The van der Waals surface area contributed by atoms with Crippen LogP contribution in [0.3, 0.4) is 0 Å². The third-order valence-electron chi connectivity index (χ3n) is 3.61. The molecule has 2 rings (SSSR count). The second-order valence-corrected chi connectivity index (χ2v) is 7.48. The molecule has 0 saturated heterocycles. The molecule has 6 heteroatoms. The third-order valence-corrected chi connectivity index (χ3v) is 5.08. The molecule has 0 aliphatic carbocycles. The molecular formula is C18H23BrN2O2S. The van der Waals surface area contributed by atoms with E-state index in [9.17, 15) is 4.79 Å². The molecule has 4 nitrogen and oxygen atoms in total. The van der Waals surface area contributed by atoms with E-state index in [1.54, 1.807) is 11.8 Å². The molecule has 0 unspecified atom stereocenters. The van der Waals surface area contributed by atoms with Gasteiger partial charge in [-0.1, -0.05) is 53.2 Å². The number of amidine groups is 1. The number of ether oxygens (including phenoxy) is 1. The number of hydrogen-bond acceptors (Lipinski definition) is 5. The molecule has 1 aromatic rings. The number of benzene rings is 1. The first-order chi connectivity index (χ1) is 11.6. The smallest absolute Gasteiger partial charge is 0.338 e. The summed E-state index contributed by atoms with van der Waals surface area (Å²) in [6.07, 6.45) is 2.29. The van der Waals surface area contributed by atoms with Gasteiger partial charge in [0.05, 0.1) is 12.2 Å². The number of rotatable bonds is 6. The van der Waals surface area contributed by atoms with Gasteiger partial charge in [-0.3, -0.25) is 0 Å². The maximum atomic E-state index is 12.4. The zero-order valence-corrected chi connectivity index (χ0v) is 16.7. The fourth-order valence-electron chi connectivity index (χ4n) is 2.42. The second-order valence-electron chi connectivity index (χ2n) is 5.48. The van der Waals surface area contributed by atoms with Gasteiger partial charge in [-0.25, -0.2) is 9.79 Å². The van der Waals surface area contributed by atoms with Crippen LogP contribution >= 0.6 is 27.7 Å². The summed E-state index contributed by atoms with van der Waals surface area (Å²) in [5, 5.41) is 4.12. The number of halogens is 1. The van der Waals surface area contributed by atoms with Crippen LogP contribution in [-0.4, -0.2) is 23.5 Å². The van der Waals surface area contributed by atoms with E-state index in [4.69, 9.17) is 9.73 Å². The maximum absolute atomic E-state index is 12.4. The van der Waals surface area contributed by atoms with Crippen LogP contribution < -0.4 is 5.32 Å². The zero-order valence-electron chi connectivity index (χ0n) is 14.3. The Balaban J connectivity index is 2.35. The number of carbonyl (C=O) groups excluding carboxylic acids is 1. The van der Waals surface area contributed by atoms with E-state index in [0.29, 0.717) is 12.2 Å². The van der Waals surface area contributed by atoms with Crippen LogP contribution in [0.5, 0.6) is 0 Å². The number of nitrogens with zero attached hydrogens (tertiary/aromatic N) is 1. The Kier molecular flexibility index (Phi) is 7.37. The molecule has 1 aromatic carbocycles. The predicted molar refractivity (Wildman–Crippen MR) is 104 cm³/mol. The quantitative estimate of drug-likeness (QED) is 0.539. The molecule has 0 bridgehead atoms. The molecule has 130 valence electrons.